The third kappa shape index (κ3) is 5.63. The predicted octanol–water partition coefficient (Wildman–Crippen LogP) is 9.13. The minimum atomic E-state index is 0.989. The van der Waals surface area contributed by atoms with E-state index in [0.29, 0.717) is 0 Å². The summed E-state index contributed by atoms with van der Waals surface area (Å²) in [5.41, 5.74) is 0. The van der Waals surface area contributed by atoms with E-state index in [4.69, 9.17) is 0 Å². The van der Waals surface area contributed by atoms with Crippen LogP contribution in [0.15, 0.2) is 0 Å². The topological polar surface area (TPSA) is 0 Å². The van der Waals surface area contributed by atoms with Crippen molar-refractivity contribution in [1.82, 2.24) is 0 Å². The molecule has 0 nitrogen and oxygen atoms in total. The summed E-state index contributed by atoms with van der Waals surface area (Å²) in [5, 5.41) is 0. The number of hydrogen-bond acceptors (Lipinski definition) is 0. The van der Waals surface area contributed by atoms with Gasteiger partial charge in [-0.15, -0.1) is 0 Å². The van der Waals surface area contributed by atoms with Crippen molar-refractivity contribution in [3.8, 4) is 0 Å². The maximum atomic E-state index is 2.63. The fraction of sp³-hybridized carbons (Fsp3) is 1.00. The van der Waals surface area contributed by atoms with E-state index >= 15 is 0 Å². The molecule has 29 heavy (non-hydrogen) atoms. The van der Waals surface area contributed by atoms with Gasteiger partial charge in [0.25, 0.3) is 0 Å². The molecule has 0 aromatic heterocycles. The zero-order chi connectivity index (χ0) is 20.4. The SMILES string of the molecule is CC1CCC(C2CCC(CC3CC(C)C(C4CCC(C)CC4)C(C)C3)CC2)CC1. The Morgan fingerprint density at radius 3 is 1.34 bits per heavy atom. The van der Waals surface area contributed by atoms with Gasteiger partial charge in [0.05, 0.1) is 0 Å². The molecular weight excluding hydrogens is 348 g/mol. The fourth-order valence-corrected chi connectivity index (χ4v) is 8.94. The number of rotatable bonds is 4. The van der Waals surface area contributed by atoms with E-state index in [2.05, 4.69) is 27.7 Å². The lowest BCUT2D eigenvalue weighted by atomic mass is 9.59. The molecular formula is C29H52. The van der Waals surface area contributed by atoms with Crippen LogP contribution in [0.25, 0.3) is 0 Å². The zero-order valence-electron chi connectivity index (χ0n) is 20.4. The highest BCUT2D eigenvalue weighted by atomic mass is 14.4. The molecule has 0 bridgehead atoms. The first-order chi connectivity index (χ1) is 14.0. The van der Waals surface area contributed by atoms with Crippen molar-refractivity contribution >= 4 is 0 Å². The average Bonchev–Trinajstić information content (AvgIpc) is 2.70. The molecule has 2 unspecified atom stereocenters. The van der Waals surface area contributed by atoms with Crippen molar-refractivity contribution < 1.29 is 0 Å². The summed E-state index contributed by atoms with van der Waals surface area (Å²) in [6.07, 6.45) is 23.2. The minimum absolute atomic E-state index is 0.989. The molecule has 0 heteroatoms. The molecule has 4 fully saturated rings. The van der Waals surface area contributed by atoms with Gasteiger partial charge in [0.2, 0.25) is 0 Å². The van der Waals surface area contributed by atoms with Crippen molar-refractivity contribution in [2.45, 2.75) is 124 Å². The van der Waals surface area contributed by atoms with Crippen molar-refractivity contribution in [3.63, 3.8) is 0 Å². The Morgan fingerprint density at radius 2 is 0.862 bits per heavy atom. The van der Waals surface area contributed by atoms with Gasteiger partial charge >= 0.3 is 0 Å². The van der Waals surface area contributed by atoms with Gasteiger partial charge in [-0.05, 0) is 117 Å². The quantitative estimate of drug-likeness (QED) is 0.441. The summed E-state index contributed by atoms with van der Waals surface area (Å²) in [4.78, 5) is 0. The van der Waals surface area contributed by atoms with Gasteiger partial charge < -0.3 is 0 Å². The van der Waals surface area contributed by atoms with Crippen LogP contribution in [0, 0.1) is 59.2 Å². The zero-order valence-corrected chi connectivity index (χ0v) is 20.4. The summed E-state index contributed by atoms with van der Waals surface area (Å²) >= 11 is 0. The highest BCUT2D eigenvalue weighted by Gasteiger charge is 2.39. The van der Waals surface area contributed by atoms with Gasteiger partial charge in [-0.3, -0.25) is 0 Å². The van der Waals surface area contributed by atoms with Crippen molar-refractivity contribution in [2.24, 2.45) is 59.2 Å². The van der Waals surface area contributed by atoms with Gasteiger partial charge in [0.1, 0.15) is 0 Å². The average molecular weight is 401 g/mol. The molecule has 4 aliphatic carbocycles. The van der Waals surface area contributed by atoms with Crippen LogP contribution in [-0.4, -0.2) is 0 Å². The highest BCUT2D eigenvalue weighted by molar-refractivity contribution is 4.90. The van der Waals surface area contributed by atoms with E-state index in [9.17, 15) is 0 Å². The van der Waals surface area contributed by atoms with E-state index in [-0.39, 0.29) is 0 Å². The Bertz CT molecular complexity index is 458. The second kappa shape index (κ2) is 10.1. The van der Waals surface area contributed by atoms with Gasteiger partial charge in [-0.1, -0.05) is 66.2 Å². The van der Waals surface area contributed by atoms with E-state index < -0.39 is 0 Å². The standard InChI is InChI=1S/C29H52/c1-20-5-11-26(12-6-20)27-15-9-24(10-16-27)19-25-17-22(3)29(23(4)18-25)28-13-7-21(2)8-14-28/h20-29H,5-19H2,1-4H3. The lowest BCUT2D eigenvalue weighted by Gasteiger charge is -2.46. The molecule has 0 radical (unpaired) electrons. The summed E-state index contributed by atoms with van der Waals surface area (Å²) in [6.45, 7) is 10.2. The third-order valence-corrected chi connectivity index (χ3v) is 10.6. The Hall–Kier alpha value is 0. The van der Waals surface area contributed by atoms with Crippen LogP contribution >= 0.6 is 0 Å². The Labute approximate surface area is 183 Å². The second-order valence-corrected chi connectivity index (χ2v) is 12.9. The van der Waals surface area contributed by atoms with Crippen LogP contribution in [0.2, 0.25) is 0 Å². The van der Waals surface area contributed by atoms with E-state index in [1.54, 1.807) is 57.8 Å². The van der Waals surface area contributed by atoms with Crippen LogP contribution in [0.4, 0.5) is 0 Å². The molecule has 0 spiro atoms. The fourth-order valence-electron chi connectivity index (χ4n) is 8.94. The van der Waals surface area contributed by atoms with Crippen LogP contribution in [-0.2, 0) is 0 Å². The Morgan fingerprint density at radius 1 is 0.448 bits per heavy atom. The molecule has 0 N–H and O–H groups in total. The molecule has 0 heterocycles. The summed E-state index contributed by atoms with van der Waals surface area (Å²) in [5.74, 6) is 10.4. The molecule has 2 atom stereocenters. The van der Waals surface area contributed by atoms with Gasteiger partial charge in [-0.2, -0.15) is 0 Å². The second-order valence-electron chi connectivity index (χ2n) is 12.9. The summed E-state index contributed by atoms with van der Waals surface area (Å²) in [7, 11) is 0. The normalized spacial score (nSPS) is 49.7. The van der Waals surface area contributed by atoms with Crippen LogP contribution < -0.4 is 0 Å². The third-order valence-electron chi connectivity index (χ3n) is 10.6. The smallest absolute Gasteiger partial charge is 0.0334 e. The molecule has 0 aliphatic heterocycles. The largest absolute Gasteiger partial charge is 0.0625 e. The van der Waals surface area contributed by atoms with Crippen molar-refractivity contribution in [2.75, 3.05) is 0 Å². The molecule has 168 valence electrons. The first-order valence-corrected chi connectivity index (χ1v) is 14.0. The molecule has 0 aromatic carbocycles. The van der Waals surface area contributed by atoms with Gasteiger partial charge in [0.15, 0.2) is 0 Å². The lowest BCUT2D eigenvalue weighted by molar-refractivity contribution is 0.0393. The monoisotopic (exact) mass is 400 g/mol. The van der Waals surface area contributed by atoms with Crippen LogP contribution in [0.1, 0.15) is 124 Å². The molecule has 0 aromatic rings. The van der Waals surface area contributed by atoms with E-state index in [0.717, 1.165) is 59.2 Å². The van der Waals surface area contributed by atoms with Crippen molar-refractivity contribution in [1.29, 1.82) is 0 Å². The molecule has 0 amide bonds. The van der Waals surface area contributed by atoms with E-state index in [1.165, 1.54) is 38.5 Å². The minimum Gasteiger partial charge on any atom is -0.0625 e. The highest BCUT2D eigenvalue weighted by Crippen LogP contribution is 2.49. The Balaban J connectivity index is 1.21. The summed E-state index contributed by atoms with van der Waals surface area (Å²) < 4.78 is 0. The molecule has 4 rings (SSSR count). The predicted molar refractivity (Wildman–Crippen MR) is 127 cm³/mol. The Kier molecular flexibility index (Phi) is 7.72. The van der Waals surface area contributed by atoms with Crippen LogP contribution in [0.5, 0.6) is 0 Å². The van der Waals surface area contributed by atoms with Gasteiger partial charge in [0, 0.05) is 0 Å². The van der Waals surface area contributed by atoms with Crippen molar-refractivity contribution in [3.05, 3.63) is 0 Å². The van der Waals surface area contributed by atoms with Crippen LogP contribution in [0.3, 0.4) is 0 Å². The summed E-state index contributed by atoms with van der Waals surface area (Å²) in [6, 6.07) is 0. The van der Waals surface area contributed by atoms with E-state index in [1.807, 2.05) is 0 Å². The lowest BCUT2D eigenvalue weighted by Crippen LogP contribution is -2.37. The maximum absolute atomic E-state index is 2.63. The maximum Gasteiger partial charge on any atom is -0.0334 e. The first-order valence-electron chi connectivity index (χ1n) is 14.0. The molecule has 4 aliphatic rings. The first kappa shape index (κ1) is 22.2. The molecule has 0 saturated heterocycles. The number of hydrogen-bond donors (Lipinski definition) is 0. The van der Waals surface area contributed by atoms with Gasteiger partial charge in [-0.25, -0.2) is 0 Å². The molecule has 4 saturated carbocycles.